The summed E-state index contributed by atoms with van der Waals surface area (Å²) in [6.07, 6.45) is 5.76. The normalized spacial score (nSPS) is 27.1. The standard InChI is InChI=1S/C28H34Cl2N6O2/c1-17(22-6-5-20(29)10-23(22)30)32-26-11-25(33-24-7-8-31-36(24)26)35-15-19(16-35)18-4-3-9-34(14-18)21-12-28(2,13-21)27(37)38/h5-8,10-11,17-19,21,32H,3-4,9,12-16H2,1-2H3,(H,37,38)/t17-,18+,21?,28?/m1/s1. The van der Waals surface area contributed by atoms with Crippen molar-refractivity contribution < 1.29 is 9.90 Å². The summed E-state index contributed by atoms with van der Waals surface area (Å²) < 4.78 is 1.82. The number of likely N-dealkylation sites (tertiary alicyclic amines) is 1. The number of aromatic nitrogens is 3. The van der Waals surface area contributed by atoms with Gasteiger partial charge in [-0.15, -0.1) is 0 Å². The van der Waals surface area contributed by atoms with Gasteiger partial charge in [0, 0.05) is 47.9 Å². The summed E-state index contributed by atoms with van der Waals surface area (Å²) in [7, 11) is 0. The number of rotatable bonds is 7. The van der Waals surface area contributed by atoms with Crippen molar-refractivity contribution in [3.8, 4) is 0 Å². The third-order valence-corrected chi connectivity index (χ3v) is 9.50. The van der Waals surface area contributed by atoms with Crippen LogP contribution in [0.25, 0.3) is 5.65 Å². The number of anilines is 2. The fourth-order valence-corrected chi connectivity index (χ4v) is 7.06. The van der Waals surface area contributed by atoms with Gasteiger partial charge < -0.3 is 20.2 Å². The molecule has 0 radical (unpaired) electrons. The molecule has 1 aromatic carbocycles. The van der Waals surface area contributed by atoms with Crippen molar-refractivity contribution in [3.05, 3.63) is 52.1 Å². The first-order valence-corrected chi connectivity index (χ1v) is 14.2. The third kappa shape index (κ3) is 4.71. The van der Waals surface area contributed by atoms with Crippen molar-refractivity contribution in [1.29, 1.82) is 0 Å². The molecule has 2 aromatic heterocycles. The van der Waals surface area contributed by atoms with Gasteiger partial charge in [0.25, 0.3) is 0 Å². The molecule has 0 bridgehead atoms. The minimum atomic E-state index is -0.654. The SMILES string of the molecule is C[C@@H](Nc1cc(N2CC([C@H]3CCCN(C4CC(C)(C(=O)O)C4)C3)C2)nc2ccnn12)c1ccc(Cl)cc1Cl. The molecule has 1 saturated carbocycles. The van der Waals surface area contributed by atoms with Crippen molar-refractivity contribution in [2.75, 3.05) is 36.4 Å². The predicted molar refractivity (Wildman–Crippen MR) is 150 cm³/mol. The van der Waals surface area contributed by atoms with Crippen molar-refractivity contribution in [1.82, 2.24) is 19.5 Å². The Bertz CT molecular complexity index is 1350. The molecule has 0 spiro atoms. The monoisotopic (exact) mass is 556 g/mol. The number of nitrogens with one attached hydrogen (secondary N) is 1. The number of hydrogen-bond donors (Lipinski definition) is 2. The van der Waals surface area contributed by atoms with Gasteiger partial charge in [-0.2, -0.15) is 9.61 Å². The molecule has 3 aliphatic rings. The van der Waals surface area contributed by atoms with Crippen LogP contribution in [0.2, 0.25) is 10.0 Å². The number of hydrogen-bond acceptors (Lipinski definition) is 6. The van der Waals surface area contributed by atoms with Crippen molar-refractivity contribution in [2.45, 2.75) is 51.6 Å². The Labute approximate surface area is 232 Å². The fraction of sp³-hybridized carbons (Fsp3) is 0.536. The summed E-state index contributed by atoms with van der Waals surface area (Å²) in [6.45, 7) is 8.12. The first-order valence-electron chi connectivity index (χ1n) is 13.5. The van der Waals surface area contributed by atoms with Gasteiger partial charge >= 0.3 is 5.97 Å². The Balaban J connectivity index is 1.11. The maximum Gasteiger partial charge on any atom is 0.309 e. The lowest BCUT2D eigenvalue weighted by atomic mass is 9.65. The van der Waals surface area contributed by atoms with Gasteiger partial charge in [0.15, 0.2) is 5.65 Å². The van der Waals surface area contributed by atoms with Crippen LogP contribution in [-0.2, 0) is 4.79 Å². The van der Waals surface area contributed by atoms with Crippen molar-refractivity contribution in [2.24, 2.45) is 17.3 Å². The van der Waals surface area contributed by atoms with E-state index in [1.807, 2.05) is 29.6 Å². The van der Waals surface area contributed by atoms with Gasteiger partial charge in [-0.1, -0.05) is 29.3 Å². The van der Waals surface area contributed by atoms with E-state index in [2.05, 4.69) is 33.2 Å². The molecule has 1 aliphatic carbocycles. The van der Waals surface area contributed by atoms with E-state index >= 15 is 0 Å². The number of carbonyl (C=O) groups is 1. The summed E-state index contributed by atoms with van der Waals surface area (Å²) in [5.74, 6) is 2.45. The van der Waals surface area contributed by atoms with E-state index in [4.69, 9.17) is 28.2 Å². The quantitative estimate of drug-likeness (QED) is 0.391. The van der Waals surface area contributed by atoms with E-state index in [-0.39, 0.29) is 6.04 Å². The van der Waals surface area contributed by atoms with Gasteiger partial charge in [-0.25, -0.2) is 4.98 Å². The molecule has 0 unspecified atom stereocenters. The zero-order valence-corrected chi connectivity index (χ0v) is 23.3. The zero-order chi connectivity index (χ0) is 26.6. The molecule has 202 valence electrons. The maximum absolute atomic E-state index is 11.5. The molecule has 0 amide bonds. The minimum absolute atomic E-state index is 0.0470. The average Bonchev–Trinajstić information content (AvgIpc) is 3.30. The topological polar surface area (TPSA) is 86.0 Å². The smallest absolute Gasteiger partial charge is 0.309 e. The highest BCUT2D eigenvalue weighted by molar-refractivity contribution is 6.35. The Morgan fingerprint density at radius 1 is 1.16 bits per heavy atom. The summed E-state index contributed by atoms with van der Waals surface area (Å²) in [5, 5.41) is 18.8. The lowest BCUT2D eigenvalue weighted by molar-refractivity contribution is -0.158. The summed E-state index contributed by atoms with van der Waals surface area (Å²) in [5.41, 5.74) is 1.24. The second-order valence-corrected chi connectivity index (χ2v) is 12.5. The van der Waals surface area contributed by atoms with E-state index in [1.54, 1.807) is 12.3 Å². The zero-order valence-electron chi connectivity index (χ0n) is 21.8. The molecule has 8 nitrogen and oxygen atoms in total. The van der Waals surface area contributed by atoms with Crippen LogP contribution in [0, 0.1) is 17.3 Å². The van der Waals surface area contributed by atoms with Crippen LogP contribution in [0.5, 0.6) is 0 Å². The van der Waals surface area contributed by atoms with Crippen LogP contribution >= 0.6 is 23.2 Å². The second-order valence-electron chi connectivity index (χ2n) is 11.6. The van der Waals surface area contributed by atoms with Crippen LogP contribution in [-0.4, -0.2) is 62.8 Å². The lowest BCUT2D eigenvalue weighted by Gasteiger charge is -2.52. The molecule has 38 heavy (non-hydrogen) atoms. The van der Waals surface area contributed by atoms with Gasteiger partial charge in [0.1, 0.15) is 11.6 Å². The van der Waals surface area contributed by atoms with Crippen molar-refractivity contribution in [3.63, 3.8) is 0 Å². The Morgan fingerprint density at radius 3 is 2.68 bits per heavy atom. The van der Waals surface area contributed by atoms with Crippen LogP contribution in [0.4, 0.5) is 11.6 Å². The summed E-state index contributed by atoms with van der Waals surface area (Å²) >= 11 is 12.6. The molecule has 2 aliphatic heterocycles. The molecule has 2 atom stereocenters. The predicted octanol–water partition coefficient (Wildman–Crippen LogP) is 5.61. The van der Waals surface area contributed by atoms with Crippen LogP contribution in [0.15, 0.2) is 36.5 Å². The fourth-order valence-electron chi connectivity index (χ4n) is 6.48. The molecule has 2 saturated heterocycles. The van der Waals surface area contributed by atoms with E-state index in [9.17, 15) is 9.90 Å². The van der Waals surface area contributed by atoms with E-state index < -0.39 is 11.4 Å². The van der Waals surface area contributed by atoms with Gasteiger partial charge in [0.2, 0.25) is 0 Å². The number of halogens is 2. The number of fused-ring (bicyclic) bond motifs is 1. The highest BCUT2D eigenvalue weighted by Gasteiger charge is 2.49. The van der Waals surface area contributed by atoms with Gasteiger partial charge in [0.05, 0.1) is 17.7 Å². The van der Waals surface area contributed by atoms with Gasteiger partial charge in [-0.3, -0.25) is 4.79 Å². The highest BCUT2D eigenvalue weighted by atomic mass is 35.5. The average molecular weight is 558 g/mol. The maximum atomic E-state index is 11.5. The van der Waals surface area contributed by atoms with Crippen molar-refractivity contribution >= 4 is 46.5 Å². The summed E-state index contributed by atoms with van der Waals surface area (Å²) in [4.78, 5) is 21.3. The first-order chi connectivity index (χ1) is 18.2. The largest absolute Gasteiger partial charge is 0.481 e. The summed E-state index contributed by atoms with van der Waals surface area (Å²) in [6, 6.07) is 9.94. The van der Waals surface area contributed by atoms with E-state index in [1.165, 1.54) is 12.8 Å². The number of nitrogens with zero attached hydrogens (tertiary/aromatic N) is 5. The van der Waals surface area contributed by atoms with E-state index in [0.29, 0.717) is 27.9 Å². The molecule has 6 rings (SSSR count). The number of carboxylic acid groups (broad SMARTS) is 1. The molecule has 3 aromatic rings. The molecular formula is C28H34Cl2N6O2. The Hall–Kier alpha value is -2.55. The molecule has 2 N–H and O–H groups in total. The van der Waals surface area contributed by atoms with Crippen LogP contribution in [0.3, 0.4) is 0 Å². The number of benzene rings is 1. The third-order valence-electron chi connectivity index (χ3n) is 8.93. The lowest BCUT2D eigenvalue weighted by Crippen LogP contribution is -2.58. The number of aliphatic carboxylic acids is 1. The van der Waals surface area contributed by atoms with Gasteiger partial charge in [-0.05, 0) is 75.6 Å². The molecule has 4 heterocycles. The molecule has 10 heteroatoms. The molecule has 3 fully saturated rings. The Morgan fingerprint density at radius 2 is 1.95 bits per heavy atom. The Kier molecular flexibility index (Phi) is 6.69. The number of piperidine rings is 1. The van der Waals surface area contributed by atoms with Crippen LogP contribution in [0.1, 0.15) is 51.1 Å². The molecular weight excluding hydrogens is 523 g/mol. The van der Waals surface area contributed by atoms with Crippen LogP contribution < -0.4 is 10.2 Å². The number of carboxylic acids is 1. The van der Waals surface area contributed by atoms with E-state index in [0.717, 1.165) is 61.9 Å². The highest BCUT2D eigenvalue weighted by Crippen LogP contribution is 2.45. The minimum Gasteiger partial charge on any atom is -0.481 e. The second kappa shape index (κ2) is 9.88. The first kappa shape index (κ1) is 25.7.